The largest absolute Gasteiger partial charge is 0.312 e. The van der Waals surface area contributed by atoms with Gasteiger partial charge in [0.25, 0.3) is 5.56 Å². The third-order valence-corrected chi connectivity index (χ3v) is 4.93. The number of aromatic nitrogens is 3. The predicted molar refractivity (Wildman–Crippen MR) is 69.5 cm³/mol. The second-order valence-corrected chi connectivity index (χ2v) is 5.44. The Balaban J connectivity index is 2.00. The quantitative estimate of drug-likeness (QED) is 0.813. The fraction of sp³-hybridized carbons (Fsp3) is 0.500. The molecule has 2 aromatic rings. The van der Waals surface area contributed by atoms with Crippen LogP contribution in [0, 0.1) is 5.41 Å². The number of hydrogen-bond acceptors (Lipinski definition) is 2. The highest BCUT2D eigenvalue weighted by atomic mass is 79.9. The van der Waals surface area contributed by atoms with E-state index in [0.717, 1.165) is 11.9 Å². The molecule has 0 radical (unpaired) electrons. The van der Waals surface area contributed by atoms with Crippen molar-refractivity contribution in [3.63, 3.8) is 0 Å². The van der Waals surface area contributed by atoms with Gasteiger partial charge in [0.15, 0.2) is 0 Å². The Labute approximate surface area is 107 Å². The van der Waals surface area contributed by atoms with E-state index in [1.165, 1.54) is 19.3 Å². The maximum absolute atomic E-state index is 12.2. The summed E-state index contributed by atoms with van der Waals surface area (Å²) in [6.45, 7) is 0.804. The zero-order valence-corrected chi connectivity index (χ0v) is 11.1. The summed E-state index contributed by atoms with van der Waals surface area (Å²) < 4.78 is 3.44. The van der Waals surface area contributed by atoms with Crippen molar-refractivity contribution in [3.05, 3.63) is 35.0 Å². The van der Waals surface area contributed by atoms with Crippen molar-refractivity contribution in [1.29, 1.82) is 0 Å². The van der Waals surface area contributed by atoms with Crippen molar-refractivity contribution >= 4 is 21.4 Å². The van der Waals surface area contributed by atoms with Gasteiger partial charge in [0.05, 0.1) is 6.20 Å². The van der Waals surface area contributed by atoms with Crippen LogP contribution in [0.1, 0.15) is 19.3 Å². The van der Waals surface area contributed by atoms with Gasteiger partial charge in [-0.1, -0.05) is 22.4 Å². The third kappa shape index (κ3) is 1.73. The fourth-order valence-electron chi connectivity index (χ4n) is 2.46. The Kier molecular flexibility index (Phi) is 2.58. The van der Waals surface area contributed by atoms with E-state index in [4.69, 9.17) is 0 Å². The summed E-state index contributed by atoms with van der Waals surface area (Å²) in [6, 6.07) is 1.76. The van der Waals surface area contributed by atoms with E-state index in [1.54, 1.807) is 16.8 Å². The molecule has 3 rings (SSSR count). The Morgan fingerprint density at radius 2 is 2.24 bits per heavy atom. The molecule has 0 unspecified atom stereocenters. The zero-order chi connectivity index (χ0) is 11.9. The Bertz CT molecular complexity index is 592. The van der Waals surface area contributed by atoms with Crippen LogP contribution >= 0.6 is 15.9 Å². The lowest BCUT2D eigenvalue weighted by Gasteiger charge is -2.40. The van der Waals surface area contributed by atoms with Crippen molar-refractivity contribution in [2.45, 2.75) is 25.8 Å². The maximum atomic E-state index is 12.2. The zero-order valence-electron chi connectivity index (χ0n) is 9.47. The van der Waals surface area contributed by atoms with Crippen molar-refractivity contribution < 1.29 is 0 Å². The summed E-state index contributed by atoms with van der Waals surface area (Å²) in [4.78, 5) is 12.2. The lowest BCUT2D eigenvalue weighted by molar-refractivity contribution is 0.138. The molecule has 0 aromatic carbocycles. The van der Waals surface area contributed by atoms with E-state index in [9.17, 15) is 4.79 Å². The molecule has 2 heterocycles. The molecule has 1 aliphatic rings. The fourth-order valence-corrected chi connectivity index (χ4v) is 3.20. The second kappa shape index (κ2) is 3.98. The third-order valence-electron chi connectivity index (χ3n) is 3.74. The Morgan fingerprint density at radius 1 is 1.41 bits per heavy atom. The topological polar surface area (TPSA) is 39.3 Å². The molecule has 0 aliphatic heterocycles. The minimum absolute atomic E-state index is 0.0530. The van der Waals surface area contributed by atoms with Gasteiger partial charge in [0.1, 0.15) is 5.52 Å². The molecule has 1 aliphatic carbocycles. The number of halogens is 1. The predicted octanol–water partition coefficient (Wildman–Crippen LogP) is 2.06. The SMILES string of the molecule is O=c1c2ccnn2ccn1CC1(CBr)CCC1. The van der Waals surface area contributed by atoms with E-state index in [1.807, 2.05) is 17.0 Å². The van der Waals surface area contributed by atoms with Gasteiger partial charge >= 0.3 is 0 Å². The smallest absolute Gasteiger partial charge is 0.276 e. The summed E-state index contributed by atoms with van der Waals surface area (Å²) >= 11 is 3.57. The van der Waals surface area contributed by atoms with Gasteiger partial charge in [-0.15, -0.1) is 0 Å². The highest BCUT2D eigenvalue weighted by Gasteiger charge is 2.36. The molecule has 90 valence electrons. The van der Waals surface area contributed by atoms with Gasteiger partial charge in [-0.3, -0.25) is 4.79 Å². The van der Waals surface area contributed by atoms with Gasteiger partial charge in [-0.05, 0) is 24.3 Å². The molecule has 0 saturated heterocycles. The first-order chi connectivity index (χ1) is 8.24. The van der Waals surface area contributed by atoms with Crippen molar-refractivity contribution in [2.24, 2.45) is 5.41 Å². The summed E-state index contributed by atoms with van der Waals surface area (Å²) in [6.07, 6.45) is 9.02. The standard InChI is InChI=1S/C12H14BrN3O/c13-8-12(3-1-4-12)9-15-6-7-16-10(11(15)17)2-5-14-16/h2,5-7H,1,3-4,8-9H2. The van der Waals surface area contributed by atoms with Crippen LogP contribution in [0.15, 0.2) is 29.5 Å². The van der Waals surface area contributed by atoms with Crippen LogP contribution in [-0.2, 0) is 6.54 Å². The van der Waals surface area contributed by atoms with E-state index in [-0.39, 0.29) is 11.0 Å². The number of rotatable bonds is 3. The average Bonchev–Trinajstić information content (AvgIpc) is 2.75. The molecule has 1 fully saturated rings. The van der Waals surface area contributed by atoms with E-state index >= 15 is 0 Å². The first-order valence-corrected chi connectivity index (χ1v) is 6.95. The molecular formula is C12H14BrN3O. The number of fused-ring (bicyclic) bond motifs is 1. The molecule has 4 nitrogen and oxygen atoms in total. The van der Waals surface area contributed by atoms with Crippen molar-refractivity contribution in [2.75, 3.05) is 5.33 Å². The van der Waals surface area contributed by atoms with Crippen LogP contribution in [0.4, 0.5) is 0 Å². The molecular weight excluding hydrogens is 282 g/mol. The number of alkyl halides is 1. The molecule has 0 spiro atoms. The summed E-state index contributed by atoms with van der Waals surface area (Å²) in [7, 11) is 0. The molecule has 0 amide bonds. The van der Waals surface area contributed by atoms with Gasteiger partial charge in [0, 0.05) is 24.3 Å². The number of hydrogen-bond donors (Lipinski definition) is 0. The lowest BCUT2D eigenvalue weighted by Crippen LogP contribution is -2.39. The van der Waals surface area contributed by atoms with E-state index in [0.29, 0.717) is 5.52 Å². The van der Waals surface area contributed by atoms with E-state index in [2.05, 4.69) is 21.0 Å². The minimum atomic E-state index is 0.0530. The van der Waals surface area contributed by atoms with Crippen LogP contribution in [0.3, 0.4) is 0 Å². The van der Waals surface area contributed by atoms with Crippen molar-refractivity contribution in [3.8, 4) is 0 Å². The van der Waals surface area contributed by atoms with Gasteiger partial charge in [0.2, 0.25) is 0 Å². The van der Waals surface area contributed by atoms with Crippen LogP contribution in [0.5, 0.6) is 0 Å². The molecule has 5 heteroatoms. The molecule has 1 saturated carbocycles. The molecule has 17 heavy (non-hydrogen) atoms. The molecule has 0 atom stereocenters. The van der Waals surface area contributed by atoms with E-state index < -0.39 is 0 Å². The maximum Gasteiger partial charge on any atom is 0.276 e. The van der Waals surface area contributed by atoms with Crippen LogP contribution in [0.25, 0.3) is 5.52 Å². The van der Waals surface area contributed by atoms with Gasteiger partial charge in [-0.25, -0.2) is 4.52 Å². The molecule has 2 aromatic heterocycles. The highest BCUT2D eigenvalue weighted by Crippen LogP contribution is 2.43. The number of nitrogens with zero attached hydrogens (tertiary/aromatic N) is 3. The lowest BCUT2D eigenvalue weighted by atomic mass is 9.70. The monoisotopic (exact) mass is 295 g/mol. The van der Waals surface area contributed by atoms with Gasteiger partial charge in [-0.2, -0.15) is 5.10 Å². The van der Waals surface area contributed by atoms with Crippen LogP contribution in [-0.4, -0.2) is 19.5 Å². The summed E-state index contributed by atoms with van der Waals surface area (Å²) in [5.41, 5.74) is 0.983. The van der Waals surface area contributed by atoms with Crippen LogP contribution < -0.4 is 5.56 Å². The average molecular weight is 296 g/mol. The highest BCUT2D eigenvalue weighted by molar-refractivity contribution is 9.09. The second-order valence-electron chi connectivity index (χ2n) is 4.88. The Hall–Kier alpha value is -1.10. The van der Waals surface area contributed by atoms with Crippen LogP contribution in [0.2, 0.25) is 0 Å². The summed E-state index contributed by atoms with van der Waals surface area (Å²) in [5, 5.41) is 5.03. The first kappa shape index (κ1) is 11.0. The summed E-state index contributed by atoms with van der Waals surface area (Å²) in [5.74, 6) is 0. The Morgan fingerprint density at radius 3 is 2.88 bits per heavy atom. The van der Waals surface area contributed by atoms with Crippen molar-refractivity contribution in [1.82, 2.24) is 14.2 Å². The normalized spacial score (nSPS) is 18.2. The first-order valence-electron chi connectivity index (χ1n) is 5.83. The van der Waals surface area contributed by atoms with Gasteiger partial charge < -0.3 is 4.57 Å². The minimum Gasteiger partial charge on any atom is -0.312 e. The molecule has 0 bridgehead atoms. The molecule has 0 N–H and O–H groups in total.